The molecule has 0 spiro atoms. The molecule has 1 saturated heterocycles. The van der Waals surface area contributed by atoms with E-state index in [2.05, 4.69) is 47.1 Å². The largest absolute Gasteiger partial charge is 0.379 e. The SMILES string of the molecule is CCCn1c(CNc2ccc3ccccc3c2)nc2cc(S(=O)(=O)N3CCOCC3)ccc21. The Morgan fingerprint density at radius 3 is 2.58 bits per heavy atom. The Hall–Kier alpha value is -2.94. The van der Waals surface area contributed by atoms with Crippen LogP contribution in [0, 0.1) is 0 Å². The summed E-state index contributed by atoms with van der Waals surface area (Å²) in [4.78, 5) is 5.11. The zero-order valence-electron chi connectivity index (χ0n) is 18.7. The molecule has 1 fully saturated rings. The summed E-state index contributed by atoms with van der Waals surface area (Å²) < 4.78 is 35.1. The second-order valence-corrected chi connectivity index (χ2v) is 10.2. The highest BCUT2D eigenvalue weighted by molar-refractivity contribution is 7.89. The summed E-state index contributed by atoms with van der Waals surface area (Å²) in [6, 6.07) is 19.9. The fourth-order valence-corrected chi connectivity index (χ4v) is 5.77. The molecule has 0 bridgehead atoms. The molecule has 5 rings (SSSR count). The third-order valence-corrected chi connectivity index (χ3v) is 7.95. The van der Waals surface area contributed by atoms with Crippen LogP contribution in [0.1, 0.15) is 19.2 Å². The van der Waals surface area contributed by atoms with Gasteiger partial charge in [0, 0.05) is 25.3 Å². The maximum Gasteiger partial charge on any atom is 0.243 e. The minimum Gasteiger partial charge on any atom is -0.379 e. The topological polar surface area (TPSA) is 76.5 Å². The molecule has 0 unspecified atom stereocenters. The molecule has 1 aromatic heterocycles. The van der Waals surface area contributed by atoms with Gasteiger partial charge in [0.15, 0.2) is 0 Å². The van der Waals surface area contributed by atoms with Crippen molar-refractivity contribution in [2.24, 2.45) is 0 Å². The van der Waals surface area contributed by atoms with E-state index in [1.54, 1.807) is 12.1 Å². The van der Waals surface area contributed by atoms with Gasteiger partial charge in [-0.25, -0.2) is 13.4 Å². The van der Waals surface area contributed by atoms with Gasteiger partial charge in [0.2, 0.25) is 10.0 Å². The van der Waals surface area contributed by atoms with Crippen LogP contribution in [-0.2, 0) is 27.8 Å². The number of hydrogen-bond donors (Lipinski definition) is 1. The van der Waals surface area contributed by atoms with E-state index in [0.29, 0.717) is 38.4 Å². The van der Waals surface area contributed by atoms with Gasteiger partial charge >= 0.3 is 0 Å². The predicted octanol–water partition coefficient (Wildman–Crippen LogP) is 4.23. The highest BCUT2D eigenvalue weighted by atomic mass is 32.2. The third-order valence-electron chi connectivity index (χ3n) is 6.05. The van der Waals surface area contributed by atoms with Crippen LogP contribution in [0.25, 0.3) is 21.8 Å². The highest BCUT2D eigenvalue weighted by Gasteiger charge is 2.27. The molecule has 0 saturated carbocycles. The van der Waals surface area contributed by atoms with Gasteiger partial charge in [0.05, 0.1) is 35.7 Å². The maximum absolute atomic E-state index is 13.1. The van der Waals surface area contributed by atoms with Gasteiger partial charge in [0.1, 0.15) is 5.82 Å². The molecule has 4 aromatic rings. The summed E-state index contributed by atoms with van der Waals surface area (Å²) in [6.45, 7) is 5.12. The summed E-state index contributed by atoms with van der Waals surface area (Å²) in [6.07, 6.45) is 0.961. The van der Waals surface area contributed by atoms with E-state index >= 15 is 0 Å². The molecule has 3 aromatic carbocycles. The maximum atomic E-state index is 13.1. The van der Waals surface area contributed by atoms with Crippen molar-refractivity contribution < 1.29 is 13.2 Å². The molecule has 0 radical (unpaired) electrons. The van der Waals surface area contributed by atoms with Crippen molar-refractivity contribution in [1.82, 2.24) is 13.9 Å². The van der Waals surface area contributed by atoms with Crippen LogP contribution in [0.5, 0.6) is 0 Å². The molecule has 0 aliphatic carbocycles. The first-order chi connectivity index (χ1) is 16.1. The molecular weight excluding hydrogens is 436 g/mol. The van der Waals surface area contributed by atoms with Crippen molar-refractivity contribution in [2.75, 3.05) is 31.6 Å². The number of nitrogens with zero attached hydrogens (tertiary/aromatic N) is 3. The molecule has 1 aliphatic rings. The fraction of sp³-hybridized carbons (Fsp3) is 0.320. The first kappa shape index (κ1) is 21.9. The molecular formula is C25H28N4O3S. The summed E-state index contributed by atoms with van der Waals surface area (Å²) in [5.41, 5.74) is 2.68. The minimum atomic E-state index is -3.56. The van der Waals surface area contributed by atoms with E-state index in [1.807, 2.05) is 18.2 Å². The average molecular weight is 465 g/mol. The smallest absolute Gasteiger partial charge is 0.243 e. The number of anilines is 1. The highest BCUT2D eigenvalue weighted by Crippen LogP contribution is 2.25. The van der Waals surface area contributed by atoms with E-state index in [-0.39, 0.29) is 4.90 Å². The number of sulfonamides is 1. The fourth-order valence-electron chi connectivity index (χ4n) is 4.34. The van der Waals surface area contributed by atoms with Crippen LogP contribution in [-0.4, -0.2) is 48.6 Å². The van der Waals surface area contributed by atoms with Crippen molar-refractivity contribution in [3.63, 3.8) is 0 Å². The zero-order chi connectivity index (χ0) is 22.8. The van der Waals surface area contributed by atoms with Crippen LogP contribution in [0.4, 0.5) is 5.69 Å². The van der Waals surface area contributed by atoms with Gasteiger partial charge in [-0.1, -0.05) is 37.3 Å². The van der Waals surface area contributed by atoms with Crippen molar-refractivity contribution in [1.29, 1.82) is 0 Å². The second-order valence-electron chi connectivity index (χ2n) is 8.26. The molecule has 8 heteroatoms. The number of rotatable bonds is 7. The quantitative estimate of drug-likeness (QED) is 0.443. The standard InChI is InChI=1S/C25H28N4O3S/c1-2-11-29-24-10-9-22(33(30,31)28-12-14-32-15-13-28)17-23(24)27-25(29)18-26-21-8-7-19-5-3-4-6-20(19)16-21/h3-10,16-17,26H,2,11-15,18H2,1H3. The van der Waals surface area contributed by atoms with Gasteiger partial charge < -0.3 is 14.6 Å². The van der Waals surface area contributed by atoms with Crippen molar-refractivity contribution in [3.8, 4) is 0 Å². The van der Waals surface area contributed by atoms with E-state index in [0.717, 1.165) is 30.0 Å². The van der Waals surface area contributed by atoms with Gasteiger partial charge in [-0.15, -0.1) is 0 Å². The number of imidazole rings is 1. The van der Waals surface area contributed by atoms with Crippen LogP contribution in [0.2, 0.25) is 0 Å². The van der Waals surface area contributed by atoms with Crippen molar-refractivity contribution in [2.45, 2.75) is 31.3 Å². The van der Waals surface area contributed by atoms with E-state index in [1.165, 1.54) is 15.1 Å². The monoisotopic (exact) mass is 464 g/mol. The Bertz CT molecular complexity index is 1390. The lowest BCUT2D eigenvalue weighted by atomic mass is 10.1. The molecule has 0 atom stereocenters. The number of ether oxygens (including phenoxy) is 1. The van der Waals surface area contributed by atoms with Crippen LogP contribution in [0.15, 0.2) is 65.6 Å². The zero-order valence-corrected chi connectivity index (χ0v) is 19.5. The molecule has 0 amide bonds. The molecule has 7 nitrogen and oxygen atoms in total. The Balaban J connectivity index is 1.44. The number of benzene rings is 3. The predicted molar refractivity (Wildman–Crippen MR) is 131 cm³/mol. The normalized spacial score (nSPS) is 15.3. The number of morpholine rings is 1. The lowest BCUT2D eigenvalue weighted by Crippen LogP contribution is -2.40. The molecule has 172 valence electrons. The first-order valence-corrected chi connectivity index (χ1v) is 12.8. The average Bonchev–Trinajstić information content (AvgIpc) is 3.20. The van der Waals surface area contributed by atoms with Crippen molar-refractivity contribution in [3.05, 3.63) is 66.5 Å². The molecule has 1 aliphatic heterocycles. The van der Waals surface area contributed by atoms with E-state index in [4.69, 9.17) is 9.72 Å². The van der Waals surface area contributed by atoms with Crippen LogP contribution >= 0.6 is 0 Å². The second kappa shape index (κ2) is 9.13. The van der Waals surface area contributed by atoms with Crippen LogP contribution in [0.3, 0.4) is 0 Å². The minimum absolute atomic E-state index is 0.284. The van der Waals surface area contributed by atoms with Gasteiger partial charge in [0.25, 0.3) is 0 Å². The van der Waals surface area contributed by atoms with Gasteiger partial charge in [-0.3, -0.25) is 0 Å². The third kappa shape index (κ3) is 4.34. The molecule has 33 heavy (non-hydrogen) atoms. The van der Waals surface area contributed by atoms with Gasteiger partial charge in [-0.2, -0.15) is 4.31 Å². The summed E-state index contributed by atoms with van der Waals surface area (Å²) >= 11 is 0. The first-order valence-electron chi connectivity index (χ1n) is 11.4. The Morgan fingerprint density at radius 1 is 1.00 bits per heavy atom. The number of aromatic nitrogens is 2. The van der Waals surface area contributed by atoms with E-state index < -0.39 is 10.0 Å². The number of aryl methyl sites for hydroxylation is 1. The molecule has 2 heterocycles. The Morgan fingerprint density at radius 2 is 1.79 bits per heavy atom. The lowest BCUT2D eigenvalue weighted by molar-refractivity contribution is 0.0730. The lowest BCUT2D eigenvalue weighted by Gasteiger charge is -2.26. The molecule has 1 N–H and O–H groups in total. The summed E-state index contributed by atoms with van der Waals surface area (Å²) in [7, 11) is -3.56. The number of hydrogen-bond acceptors (Lipinski definition) is 5. The Kier molecular flexibility index (Phi) is 6.05. The van der Waals surface area contributed by atoms with Crippen molar-refractivity contribution >= 4 is 37.5 Å². The Labute approximate surface area is 194 Å². The summed E-state index contributed by atoms with van der Waals surface area (Å²) in [5.74, 6) is 0.890. The number of fused-ring (bicyclic) bond motifs is 2. The number of nitrogens with one attached hydrogen (secondary N) is 1. The van der Waals surface area contributed by atoms with Crippen LogP contribution < -0.4 is 5.32 Å². The van der Waals surface area contributed by atoms with Gasteiger partial charge in [-0.05, 0) is 47.5 Å². The summed E-state index contributed by atoms with van der Waals surface area (Å²) in [5, 5.41) is 5.87. The van der Waals surface area contributed by atoms with E-state index in [9.17, 15) is 8.42 Å².